The zero-order valence-electron chi connectivity index (χ0n) is 68.4. The molecule has 0 aliphatic heterocycles. The van der Waals surface area contributed by atoms with Crippen molar-refractivity contribution < 1.29 is 80.2 Å². The molecule has 0 amide bonds. The summed E-state index contributed by atoms with van der Waals surface area (Å²) in [6.45, 7) is 7.23. The van der Waals surface area contributed by atoms with Crippen LogP contribution in [0.2, 0.25) is 0 Å². The Morgan fingerprint density at radius 3 is 0.781 bits per heavy atom. The Labute approximate surface area is 643 Å². The highest BCUT2D eigenvalue weighted by Crippen LogP contribution is 2.45. The average Bonchev–Trinajstić information content (AvgIpc) is 0.944. The van der Waals surface area contributed by atoms with Crippen LogP contribution in [0.15, 0.2) is 24.3 Å². The van der Waals surface area contributed by atoms with E-state index in [0.717, 1.165) is 109 Å². The molecule has 0 saturated heterocycles. The summed E-state index contributed by atoms with van der Waals surface area (Å²) < 4.78 is 68.8. The van der Waals surface area contributed by atoms with Crippen molar-refractivity contribution in [1.29, 1.82) is 0 Å². The van der Waals surface area contributed by atoms with Crippen LogP contribution >= 0.6 is 15.6 Å². The van der Waals surface area contributed by atoms with E-state index in [1.807, 2.05) is 0 Å². The number of carbonyl (C=O) groups excluding carboxylic acids is 4. The Morgan fingerprint density at radius 1 is 0.295 bits per heavy atom. The zero-order chi connectivity index (χ0) is 76.9. The first-order valence-corrected chi connectivity index (χ1v) is 46.9. The van der Waals surface area contributed by atoms with Crippen molar-refractivity contribution in [2.75, 3.05) is 39.6 Å². The van der Waals surface area contributed by atoms with Crippen molar-refractivity contribution in [2.45, 2.75) is 457 Å². The number of carbonyl (C=O) groups is 4. The molecule has 3 N–H and O–H groups in total. The second kappa shape index (κ2) is 78.2. The lowest BCUT2D eigenvalue weighted by Gasteiger charge is -2.21. The number of allylic oxidation sites excluding steroid dienone is 4. The molecular weight excluding hydrogens is 1370 g/mol. The lowest BCUT2D eigenvalue weighted by molar-refractivity contribution is -0.161. The van der Waals surface area contributed by atoms with Gasteiger partial charge in [-0.25, -0.2) is 9.13 Å². The molecule has 0 bridgehead atoms. The summed E-state index contributed by atoms with van der Waals surface area (Å²) in [5.41, 5.74) is 0. The smallest absolute Gasteiger partial charge is 0.462 e. The summed E-state index contributed by atoms with van der Waals surface area (Å²) in [4.78, 5) is 73.2. The Morgan fingerprint density at radius 2 is 0.514 bits per heavy atom. The second-order valence-electron chi connectivity index (χ2n) is 30.7. The van der Waals surface area contributed by atoms with Gasteiger partial charge in [-0.1, -0.05) is 386 Å². The number of ether oxygens (including phenoxy) is 4. The highest BCUT2D eigenvalue weighted by molar-refractivity contribution is 7.47. The average molecular weight is 1530 g/mol. The van der Waals surface area contributed by atoms with E-state index in [1.165, 1.54) is 244 Å². The number of hydrogen-bond acceptors (Lipinski definition) is 15. The quantitative estimate of drug-likeness (QED) is 0.0169. The number of phosphoric ester groups is 2. The van der Waals surface area contributed by atoms with E-state index >= 15 is 0 Å². The monoisotopic (exact) mass is 1530 g/mol. The van der Waals surface area contributed by atoms with Gasteiger partial charge in [-0.2, -0.15) is 0 Å². The van der Waals surface area contributed by atoms with Crippen LogP contribution in [0.4, 0.5) is 0 Å². The molecule has 0 aromatic carbocycles. The van der Waals surface area contributed by atoms with Crippen LogP contribution in [-0.4, -0.2) is 96.7 Å². The summed E-state index contributed by atoms with van der Waals surface area (Å²) in [5, 5.41) is 10.7. The first kappa shape index (κ1) is 103. The molecule has 0 fully saturated rings. The van der Waals surface area contributed by atoms with E-state index in [0.29, 0.717) is 31.6 Å². The highest BCUT2D eigenvalue weighted by atomic mass is 31.2. The van der Waals surface area contributed by atoms with Crippen molar-refractivity contribution >= 4 is 39.5 Å². The van der Waals surface area contributed by atoms with Crippen LogP contribution in [0.3, 0.4) is 0 Å². The van der Waals surface area contributed by atoms with Gasteiger partial charge in [0, 0.05) is 25.7 Å². The summed E-state index contributed by atoms with van der Waals surface area (Å²) >= 11 is 0. The topological polar surface area (TPSA) is 237 Å². The van der Waals surface area contributed by atoms with Gasteiger partial charge in [0.05, 0.1) is 26.4 Å². The molecule has 0 heterocycles. The predicted molar refractivity (Wildman–Crippen MR) is 432 cm³/mol. The second-order valence-corrected chi connectivity index (χ2v) is 33.6. The first-order valence-electron chi connectivity index (χ1n) is 44.0. The lowest BCUT2D eigenvalue weighted by Crippen LogP contribution is -2.30. The van der Waals surface area contributed by atoms with Crippen molar-refractivity contribution in [1.82, 2.24) is 0 Å². The fraction of sp³-hybridized carbons (Fsp3) is 0.907. The molecule has 620 valence electrons. The van der Waals surface area contributed by atoms with Crippen LogP contribution in [0.1, 0.15) is 439 Å². The van der Waals surface area contributed by atoms with E-state index in [9.17, 15) is 43.2 Å². The van der Waals surface area contributed by atoms with E-state index in [-0.39, 0.29) is 25.7 Å². The van der Waals surface area contributed by atoms with Crippen LogP contribution in [0, 0.1) is 5.92 Å². The SMILES string of the molecule is CCCCCC/C=C\C=C/CCCCCCCC(=O)O[C@H](COC(=O)CCCCCCCCCC(C)C)COP(=O)(O)OC[C@H](O)COP(=O)(O)OC[C@@H](COC(=O)CCCCCCCCCCCCCCCCCCCCCC)OC(=O)CCCCCCCCCCCCCCCCCCCCCC. The summed E-state index contributed by atoms with van der Waals surface area (Å²) in [7, 11) is -9.94. The molecule has 0 aliphatic rings. The van der Waals surface area contributed by atoms with Crippen LogP contribution in [0.25, 0.3) is 0 Å². The minimum absolute atomic E-state index is 0.0847. The minimum atomic E-state index is -4.97. The molecule has 0 aliphatic carbocycles. The number of phosphoric acid groups is 2. The lowest BCUT2D eigenvalue weighted by atomic mass is 10.0. The van der Waals surface area contributed by atoms with E-state index in [1.54, 1.807) is 0 Å². The molecule has 2 unspecified atom stereocenters. The normalized spacial score (nSPS) is 13.9. The summed E-state index contributed by atoms with van der Waals surface area (Å²) in [5.74, 6) is -1.43. The predicted octanol–water partition coefficient (Wildman–Crippen LogP) is 25.9. The van der Waals surface area contributed by atoms with Gasteiger partial charge in [0.1, 0.15) is 19.3 Å². The maximum absolute atomic E-state index is 13.1. The molecule has 0 saturated carbocycles. The zero-order valence-corrected chi connectivity index (χ0v) is 70.1. The molecule has 0 rings (SSSR count). The molecule has 0 radical (unpaired) electrons. The molecule has 5 atom stereocenters. The third-order valence-electron chi connectivity index (χ3n) is 19.7. The number of aliphatic hydroxyl groups excluding tert-OH is 1. The van der Waals surface area contributed by atoms with Crippen LogP contribution < -0.4 is 0 Å². The van der Waals surface area contributed by atoms with Gasteiger partial charge in [-0.15, -0.1) is 0 Å². The molecular formula is C86H164O17P2. The van der Waals surface area contributed by atoms with E-state index in [4.69, 9.17) is 37.0 Å². The first-order chi connectivity index (χ1) is 51.0. The number of esters is 4. The third kappa shape index (κ3) is 79.4. The van der Waals surface area contributed by atoms with Crippen LogP contribution in [-0.2, 0) is 65.4 Å². The Kier molecular flexibility index (Phi) is 76.4. The van der Waals surface area contributed by atoms with Crippen molar-refractivity contribution in [3.05, 3.63) is 24.3 Å². The van der Waals surface area contributed by atoms with Gasteiger partial charge in [-0.3, -0.25) is 37.3 Å². The maximum Gasteiger partial charge on any atom is 0.472 e. The summed E-state index contributed by atoms with van der Waals surface area (Å²) in [6.07, 6.45) is 74.6. The highest BCUT2D eigenvalue weighted by Gasteiger charge is 2.30. The maximum atomic E-state index is 13.1. The van der Waals surface area contributed by atoms with Gasteiger partial charge < -0.3 is 33.8 Å². The van der Waals surface area contributed by atoms with E-state index in [2.05, 4.69) is 58.9 Å². The summed E-state index contributed by atoms with van der Waals surface area (Å²) in [6, 6.07) is 0. The van der Waals surface area contributed by atoms with Gasteiger partial charge in [-0.05, 0) is 57.3 Å². The number of rotatable bonds is 84. The largest absolute Gasteiger partial charge is 0.472 e. The van der Waals surface area contributed by atoms with Gasteiger partial charge in [0.2, 0.25) is 0 Å². The van der Waals surface area contributed by atoms with Gasteiger partial charge in [0.25, 0.3) is 0 Å². The molecule has 19 heteroatoms. The Bertz CT molecular complexity index is 2090. The number of aliphatic hydroxyl groups is 1. The Hall–Kier alpha value is -2.46. The fourth-order valence-electron chi connectivity index (χ4n) is 12.9. The van der Waals surface area contributed by atoms with Gasteiger partial charge in [0.15, 0.2) is 12.2 Å². The molecule has 0 aromatic rings. The standard InChI is InChI=1S/C86H164O17P2/c1-6-9-12-15-18-21-24-27-30-32-34-36-38-41-43-46-49-54-59-64-69-83(88)96-75-81(102-85(90)72-67-62-56-51-48-45-42-39-37-35-33-31-28-25-22-19-16-13-10-7-2)77-100-104(92,93)98-73-80(87)74-99-105(94,95)101-78-82(76-97-84(89)70-65-60-57-52-53-58-63-68-79(4)5)103-86(91)71-66-61-55-50-47-44-40-29-26-23-20-17-14-11-8-3/h23,26,29,40,79-82,87H,6-22,24-25,27-28,30-39,41-78H2,1-5H3,(H,92,93)(H,94,95)/b26-23-,40-29-/t80-,81-,82-/m1/s1. The minimum Gasteiger partial charge on any atom is -0.462 e. The fourth-order valence-corrected chi connectivity index (χ4v) is 14.5. The number of hydrogen-bond donors (Lipinski definition) is 3. The Balaban J connectivity index is 5.25. The van der Waals surface area contributed by atoms with Crippen molar-refractivity contribution in [2.24, 2.45) is 5.92 Å². The van der Waals surface area contributed by atoms with Gasteiger partial charge >= 0.3 is 39.5 Å². The number of unbranched alkanes of at least 4 members (excludes halogenated alkanes) is 53. The molecule has 17 nitrogen and oxygen atoms in total. The van der Waals surface area contributed by atoms with Crippen molar-refractivity contribution in [3.8, 4) is 0 Å². The molecule has 105 heavy (non-hydrogen) atoms. The molecule has 0 aromatic heterocycles. The third-order valence-corrected chi connectivity index (χ3v) is 21.6. The molecule has 0 spiro atoms. The van der Waals surface area contributed by atoms with E-state index < -0.39 is 97.5 Å². The van der Waals surface area contributed by atoms with Crippen LogP contribution in [0.5, 0.6) is 0 Å². The van der Waals surface area contributed by atoms with Crippen molar-refractivity contribution in [3.63, 3.8) is 0 Å².